The summed E-state index contributed by atoms with van der Waals surface area (Å²) < 4.78 is 6.81. The fourth-order valence-electron chi connectivity index (χ4n) is 2.32. The van der Waals surface area contributed by atoms with Crippen molar-refractivity contribution >= 4 is 29.0 Å². The quantitative estimate of drug-likeness (QED) is 0.597. The summed E-state index contributed by atoms with van der Waals surface area (Å²) in [4.78, 5) is 36.4. The van der Waals surface area contributed by atoms with Crippen LogP contribution in [0, 0.1) is 13.8 Å². The van der Waals surface area contributed by atoms with Crippen LogP contribution in [0.15, 0.2) is 12.1 Å². The van der Waals surface area contributed by atoms with E-state index < -0.39 is 5.97 Å². The minimum Gasteiger partial charge on any atom is -0.457 e. The number of esters is 1. The summed E-state index contributed by atoms with van der Waals surface area (Å²) in [5.74, 6) is -0.842. The van der Waals surface area contributed by atoms with Crippen molar-refractivity contribution in [3.8, 4) is 0 Å². The van der Waals surface area contributed by atoms with Crippen LogP contribution in [0.3, 0.4) is 0 Å². The first-order chi connectivity index (χ1) is 11.8. The maximum Gasteiger partial charge on any atom is 0.310 e. The van der Waals surface area contributed by atoms with E-state index in [4.69, 9.17) is 4.74 Å². The molecule has 0 aromatic carbocycles. The van der Waals surface area contributed by atoms with Gasteiger partial charge in [-0.1, -0.05) is 0 Å². The van der Waals surface area contributed by atoms with E-state index in [1.807, 2.05) is 20.9 Å². The van der Waals surface area contributed by atoms with Gasteiger partial charge in [-0.25, -0.2) is 0 Å². The molecule has 2 aromatic heterocycles. The molecule has 8 heteroatoms. The van der Waals surface area contributed by atoms with Gasteiger partial charge in [-0.15, -0.1) is 11.3 Å². The van der Waals surface area contributed by atoms with Crippen molar-refractivity contribution in [2.75, 3.05) is 6.61 Å². The molecule has 134 valence electrons. The van der Waals surface area contributed by atoms with Crippen molar-refractivity contribution in [2.45, 2.75) is 33.7 Å². The van der Waals surface area contributed by atoms with Crippen molar-refractivity contribution in [3.05, 3.63) is 38.8 Å². The Morgan fingerprint density at radius 1 is 1.28 bits per heavy atom. The average molecular weight is 363 g/mol. The maximum atomic E-state index is 12.1. The van der Waals surface area contributed by atoms with Crippen molar-refractivity contribution < 1.29 is 19.1 Å². The van der Waals surface area contributed by atoms with E-state index in [1.54, 1.807) is 16.8 Å². The lowest BCUT2D eigenvalue weighted by molar-refractivity contribution is -0.141. The summed E-state index contributed by atoms with van der Waals surface area (Å²) in [6, 6.07) is 3.45. The average Bonchev–Trinajstić information content (AvgIpc) is 3.11. The summed E-state index contributed by atoms with van der Waals surface area (Å²) in [6.07, 6.45) is 0.0943. The van der Waals surface area contributed by atoms with Crippen LogP contribution >= 0.6 is 11.3 Å². The third-order valence-corrected chi connectivity index (χ3v) is 4.92. The fourth-order valence-corrected chi connectivity index (χ4v) is 3.19. The second kappa shape index (κ2) is 8.06. The maximum absolute atomic E-state index is 12.1. The summed E-state index contributed by atoms with van der Waals surface area (Å²) >= 11 is 1.28. The van der Waals surface area contributed by atoms with Crippen molar-refractivity contribution in [1.82, 2.24) is 15.1 Å². The minimum absolute atomic E-state index is 0.0943. The van der Waals surface area contributed by atoms with Gasteiger partial charge in [0.05, 0.1) is 23.5 Å². The zero-order valence-electron chi connectivity index (χ0n) is 14.7. The summed E-state index contributed by atoms with van der Waals surface area (Å²) in [5.41, 5.74) is 2.51. The molecule has 0 aliphatic rings. The number of carbonyl (C=O) groups is 3. The third-order valence-electron chi connectivity index (χ3n) is 3.79. The van der Waals surface area contributed by atoms with E-state index in [0.29, 0.717) is 11.4 Å². The Bertz CT molecular complexity index is 807. The first kappa shape index (κ1) is 18.9. The third kappa shape index (κ3) is 4.99. The zero-order valence-corrected chi connectivity index (χ0v) is 15.5. The number of rotatable bonds is 7. The molecule has 0 aliphatic carbocycles. The number of nitrogens with zero attached hydrogens (tertiary/aromatic N) is 2. The minimum atomic E-state index is -0.456. The molecule has 0 bridgehead atoms. The molecule has 0 atom stereocenters. The molecule has 0 radical (unpaired) electrons. The van der Waals surface area contributed by atoms with Gasteiger partial charge < -0.3 is 10.1 Å². The zero-order chi connectivity index (χ0) is 18.6. The van der Waals surface area contributed by atoms with Gasteiger partial charge in [-0.3, -0.25) is 19.1 Å². The highest BCUT2D eigenvalue weighted by molar-refractivity contribution is 7.14. The normalized spacial score (nSPS) is 10.6. The van der Waals surface area contributed by atoms with E-state index in [2.05, 4.69) is 10.4 Å². The Morgan fingerprint density at radius 2 is 2.00 bits per heavy atom. The molecule has 2 aromatic rings. The largest absolute Gasteiger partial charge is 0.457 e. The lowest BCUT2D eigenvalue weighted by Gasteiger charge is -2.04. The number of aromatic nitrogens is 2. The van der Waals surface area contributed by atoms with Gasteiger partial charge >= 0.3 is 5.97 Å². The van der Waals surface area contributed by atoms with E-state index >= 15 is 0 Å². The molecule has 1 N–H and O–H groups in total. The van der Waals surface area contributed by atoms with Crippen LogP contribution in [0.4, 0.5) is 0 Å². The SMILES string of the molecule is CC(=O)NCc1ccc(C(=O)COC(=O)Cc2c(C)nn(C)c2C)s1. The number of ether oxygens (including phenoxy) is 1. The van der Waals surface area contributed by atoms with Gasteiger partial charge in [-0.2, -0.15) is 5.10 Å². The molecule has 0 unspecified atom stereocenters. The molecule has 1 amide bonds. The Morgan fingerprint density at radius 3 is 2.60 bits per heavy atom. The lowest BCUT2D eigenvalue weighted by atomic mass is 10.1. The Kier molecular flexibility index (Phi) is 6.08. The summed E-state index contributed by atoms with van der Waals surface area (Å²) in [7, 11) is 1.82. The van der Waals surface area contributed by atoms with Gasteiger partial charge in [0.1, 0.15) is 0 Å². The molecule has 0 spiro atoms. The molecule has 0 fully saturated rings. The summed E-state index contributed by atoms with van der Waals surface area (Å²) in [6.45, 7) is 5.24. The van der Waals surface area contributed by atoms with Crippen LogP contribution in [0.25, 0.3) is 0 Å². The molecule has 0 saturated heterocycles. The molecule has 7 nitrogen and oxygen atoms in total. The van der Waals surface area contributed by atoms with E-state index in [1.165, 1.54) is 18.3 Å². The standard InChI is InChI=1S/C17H21N3O4S/c1-10-14(11(2)20(4)19-10)7-17(23)24-9-15(22)16-6-5-13(25-16)8-18-12(3)21/h5-6H,7-9H2,1-4H3,(H,18,21). The molecule has 2 rings (SSSR count). The van der Waals surface area contributed by atoms with Crippen LogP contribution in [-0.2, 0) is 34.3 Å². The highest BCUT2D eigenvalue weighted by Crippen LogP contribution is 2.17. The predicted molar refractivity (Wildman–Crippen MR) is 93.5 cm³/mol. The number of thiophene rings is 1. The Hall–Kier alpha value is -2.48. The monoisotopic (exact) mass is 363 g/mol. The van der Waals surface area contributed by atoms with Gasteiger partial charge in [0, 0.05) is 30.1 Å². The van der Waals surface area contributed by atoms with Crippen molar-refractivity contribution in [2.24, 2.45) is 7.05 Å². The van der Waals surface area contributed by atoms with Crippen LogP contribution in [0.2, 0.25) is 0 Å². The number of Topliss-reactive ketones (excluding diaryl/α,β-unsaturated/α-hetero) is 1. The molecule has 0 aliphatic heterocycles. The first-order valence-electron chi connectivity index (χ1n) is 7.79. The number of carbonyl (C=O) groups excluding carboxylic acids is 3. The predicted octanol–water partition coefficient (Wildman–Crippen LogP) is 1.70. The molecule has 2 heterocycles. The summed E-state index contributed by atoms with van der Waals surface area (Å²) in [5, 5.41) is 6.92. The Labute approximate surface area is 150 Å². The highest BCUT2D eigenvalue weighted by atomic mass is 32.1. The van der Waals surface area contributed by atoms with E-state index in [9.17, 15) is 14.4 Å². The topological polar surface area (TPSA) is 90.3 Å². The fraction of sp³-hybridized carbons (Fsp3) is 0.412. The van der Waals surface area contributed by atoms with Crippen LogP contribution in [0.1, 0.15) is 38.4 Å². The van der Waals surface area contributed by atoms with E-state index in [-0.39, 0.29) is 24.7 Å². The van der Waals surface area contributed by atoms with E-state index in [0.717, 1.165) is 21.8 Å². The lowest BCUT2D eigenvalue weighted by Crippen LogP contribution is -2.18. The van der Waals surface area contributed by atoms with Crippen molar-refractivity contribution in [1.29, 1.82) is 0 Å². The molecular weight excluding hydrogens is 342 g/mol. The molecular formula is C17H21N3O4S. The number of amides is 1. The first-order valence-corrected chi connectivity index (χ1v) is 8.60. The highest BCUT2D eigenvalue weighted by Gasteiger charge is 2.17. The van der Waals surface area contributed by atoms with Crippen LogP contribution in [-0.4, -0.2) is 34.0 Å². The van der Waals surface area contributed by atoms with Gasteiger partial charge in [0.15, 0.2) is 6.61 Å². The van der Waals surface area contributed by atoms with Crippen LogP contribution in [0.5, 0.6) is 0 Å². The second-order valence-electron chi connectivity index (χ2n) is 5.71. The number of hydrogen-bond acceptors (Lipinski definition) is 6. The second-order valence-corrected chi connectivity index (χ2v) is 6.88. The van der Waals surface area contributed by atoms with Gasteiger partial charge in [0.2, 0.25) is 11.7 Å². The number of aryl methyl sites for hydroxylation is 2. The smallest absolute Gasteiger partial charge is 0.310 e. The Balaban J connectivity index is 1.87. The van der Waals surface area contributed by atoms with Gasteiger partial charge in [-0.05, 0) is 26.0 Å². The number of nitrogens with one attached hydrogen (secondary N) is 1. The van der Waals surface area contributed by atoms with Crippen molar-refractivity contribution in [3.63, 3.8) is 0 Å². The number of hydrogen-bond donors (Lipinski definition) is 1. The molecule has 0 saturated carbocycles. The number of ketones is 1. The molecule has 25 heavy (non-hydrogen) atoms. The van der Waals surface area contributed by atoms with Gasteiger partial charge in [0.25, 0.3) is 0 Å². The van der Waals surface area contributed by atoms with Crippen LogP contribution < -0.4 is 5.32 Å².